The second kappa shape index (κ2) is 6.75. The number of carbonyl (C=O) groups is 2. The van der Waals surface area contributed by atoms with Crippen molar-refractivity contribution in [1.82, 2.24) is 14.8 Å². The maximum atomic E-state index is 12.7. The summed E-state index contributed by atoms with van der Waals surface area (Å²) in [5, 5.41) is 0. The van der Waals surface area contributed by atoms with Crippen LogP contribution in [0.4, 0.5) is 0 Å². The minimum absolute atomic E-state index is 0.00801. The van der Waals surface area contributed by atoms with Crippen LogP contribution in [-0.4, -0.2) is 58.9 Å². The van der Waals surface area contributed by atoms with E-state index in [-0.39, 0.29) is 29.9 Å². The fraction of sp³-hybridized carbons (Fsp3) is 0.632. The molecule has 0 spiro atoms. The van der Waals surface area contributed by atoms with E-state index >= 15 is 0 Å². The summed E-state index contributed by atoms with van der Waals surface area (Å²) < 4.78 is 6.06. The van der Waals surface area contributed by atoms with Crippen molar-refractivity contribution in [2.24, 2.45) is 11.8 Å². The Morgan fingerprint density at radius 2 is 2.16 bits per heavy atom. The lowest BCUT2D eigenvalue weighted by Crippen LogP contribution is -2.46. The third kappa shape index (κ3) is 3.54. The number of fused-ring (bicyclic) bond motifs is 1. The zero-order valence-corrected chi connectivity index (χ0v) is 14.6. The molecule has 3 aliphatic rings. The molecule has 0 N–H and O–H groups in total. The molecule has 3 atom stereocenters. The van der Waals surface area contributed by atoms with Gasteiger partial charge < -0.3 is 14.5 Å². The summed E-state index contributed by atoms with van der Waals surface area (Å²) in [7, 11) is 1.80. The predicted octanol–water partition coefficient (Wildman–Crippen LogP) is 1.46. The monoisotopic (exact) mass is 343 g/mol. The lowest BCUT2D eigenvalue weighted by Gasteiger charge is -2.34. The van der Waals surface area contributed by atoms with Crippen molar-refractivity contribution in [2.75, 3.05) is 20.1 Å². The second-order valence-electron chi connectivity index (χ2n) is 7.52. The first-order chi connectivity index (χ1) is 12.1. The normalized spacial score (nSPS) is 28.5. The van der Waals surface area contributed by atoms with E-state index in [2.05, 4.69) is 4.98 Å². The predicted molar refractivity (Wildman–Crippen MR) is 91.4 cm³/mol. The van der Waals surface area contributed by atoms with Gasteiger partial charge in [-0.15, -0.1) is 0 Å². The summed E-state index contributed by atoms with van der Waals surface area (Å²) in [5.41, 5.74) is 0.870. The number of piperidine rings is 1. The molecule has 0 radical (unpaired) electrons. The van der Waals surface area contributed by atoms with Crippen LogP contribution in [0.3, 0.4) is 0 Å². The molecule has 2 saturated heterocycles. The molecule has 6 nitrogen and oxygen atoms in total. The summed E-state index contributed by atoms with van der Waals surface area (Å²) in [6.07, 6.45) is 5.12. The van der Waals surface area contributed by atoms with Gasteiger partial charge in [-0.3, -0.25) is 14.6 Å². The highest BCUT2D eigenvalue weighted by Crippen LogP contribution is 2.37. The molecule has 0 aromatic carbocycles. The van der Waals surface area contributed by atoms with Crippen molar-refractivity contribution in [3.63, 3.8) is 0 Å². The van der Waals surface area contributed by atoms with Crippen LogP contribution in [0.15, 0.2) is 24.4 Å². The third-order valence-electron chi connectivity index (χ3n) is 5.57. The summed E-state index contributed by atoms with van der Waals surface area (Å²) in [6, 6.07) is 5.71. The average molecular weight is 343 g/mol. The molecule has 25 heavy (non-hydrogen) atoms. The average Bonchev–Trinajstić information content (AvgIpc) is 3.39. The highest BCUT2D eigenvalue weighted by molar-refractivity contribution is 5.82. The molecular weight excluding hydrogens is 318 g/mol. The molecule has 3 heterocycles. The van der Waals surface area contributed by atoms with Gasteiger partial charge in [-0.2, -0.15) is 0 Å². The van der Waals surface area contributed by atoms with Gasteiger partial charge in [-0.25, -0.2) is 0 Å². The van der Waals surface area contributed by atoms with Crippen molar-refractivity contribution in [3.05, 3.63) is 30.1 Å². The number of rotatable bonds is 4. The van der Waals surface area contributed by atoms with E-state index in [1.54, 1.807) is 18.1 Å². The van der Waals surface area contributed by atoms with Crippen LogP contribution < -0.4 is 0 Å². The van der Waals surface area contributed by atoms with E-state index in [4.69, 9.17) is 4.74 Å². The van der Waals surface area contributed by atoms with Crippen molar-refractivity contribution in [1.29, 1.82) is 0 Å². The maximum absolute atomic E-state index is 12.7. The molecule has 2 aliphatic heterocycles. The largest absolute Gasteiger partial charge is 0.363 e. The van der Waals surface area contributed by atoms with Crippen LogP contribution in [-0.2, 0) is 20.9 Å². The number of hydrogen-bond donors (Lipinski definition) is 0. The molecule has 1 saturated carbocycles. The zero-order valence-electron chi connectivity index (χ0n) is 14.6. The number of pyridine rings is 1. The smallest absolute Gasteiger partial charge is 0.251 e. The van der Waals surface area contributed by atoms with Crippen LogP contribution in [0.25, 0.3) is 0 Å². The molecule has 4 rings (SSSR count). The van der Waals surface area contributed by atoms with Gasteiger partial charge in [0.2, 0.25) is 5.91 Å². The Morgan fingerprint density at radius 1 is 1.32 bits per heavy atom. The van der Waals surface area contributed by atoms with E-state index in [0.29, 0.717) is 19.0 Å². The lowest BCUT2D eigenvalue weighted by atomic mass is 9.91. The van der Waals surface area contributed by atoms with Gasteiger partial charge in [0, 0.05) is 32.3 Å². The van der Waals surface area contributed by atoms with Gasteiger partial charge >= 0.3 is 0 Å². The molecule has 1 aliphatic carbocycles. The Labute approximate surface area is 148 Å². The number of carbonyl (C=O) groups excluding carboxylic acids is 2. The van der Waals surface area contributed by atoms with Crippen LogP contribution in [0.5, 0.6) is 0 Å². The molecule has 134 valence electrons. The summed E-state index contributed by atoms with van der Waals surface area (Å²) >= 11 is 0. The number of nitrogens with zero attached hydrogens (tertiary/aromatic N) is 3. The number of likely N-dealkylation sites (tertiary alicyclic amines) is 1. The van der Waals surface area contributed by atoms with Gasteiger partial charge in [0.05, 0.1) is 18.3 Å². The number of likely N-dealkylation sites (N-methyl/N-ethyl adjacent to an activating group) is 1. The van der Waals surface area contributed by atoms with E-state index in [0.717, 1.165) is 37.9 Å². The van der Waals surface area contributed by atoms with Gasteiger partial charge in [0.15, 0.2) is 0 Å². The fourth-order valence-electron chi connectivity index (χ4n) is 3.94. The number of hydrogen-bond acceptors (Lipinski definition) is 4. The highest BCUT2D eigenvalue weighted by atomic mass is 16.5. The second-order valence-corrected chi connectivity index (χ2v) is 7.52. The Bertz CT molecular complexity index is 647. The van der Waals surface area contributed by atoms with Gasteiger partial charge in [-0.05, 0) is 43.7 Å². The fourth-order valence-corrected chi connectivity index (χ4v) is 3.94. The summed E-state index contributed by atoms with van der Waals surface area (Å²) in [5.74, 6) is 0.935. The quantitative estimate of drug-likeness (QED) is 0.830. The molecule has 1 aromatic heterocycles. The van der Waals surface area contributed by atoms with Crippen LogP contribution in [0.2, 0.25) is 0 Å². The molecule has 3 fully saturated rings. The van der Waals surface area contributed by atoms with Gasteiger partial charge in [0.25, 0.3) is 5.91 Å². The topological polar surface area (TPSA) is 62.7 Å². The SMILES string of the molecule is CN(Cc1ccccn1)C(=O)[C@H]1C[C@@H]2CCN(C(=O)C3CC3)C[C@@H]2O1. The van der Waals surface area contributed by atoms with Crippen molar-refractivity contribution in [2.45, 2.75) is 44.4 Å². The van der Waals surface area contributed by atoms with Gasteiger partial charge in [0.1, 0.15) is 6.10 Å². The van der Waals surface area contributed by atoms with Gasteiger partial charge in [-0.1, -0.05) is 6.07 Å². The van der Waals surface area contributed by atoms with E-state index < -0.39 is 0 Å². The minimum Gasteiger partial charge on any atom is -0.363 e. The van der Waals surface area contributed by atoms with E-state index in [9.17, 15) is 9.59 Å². The zero-order chi connectivity index (χ0) is 17.4. The van der Waals surface area contributed by atoms with E-state index in [1.165, 1.54) is 0 Å². The molecular formula is C19H25N3O3. The van der Waals surface area contributed by atoms with Crippen molar-refractivity contribution >= 4 is 11.8 Å². The Morgan fingerprint density at radius 3 is 2.88 bits per heavy atom. The highest BCUT2D eigenvalue weighted by Gasteiger charge is 2.45. The summed E-state index contributed by atoms with van der Waals surface area (Å²) in [6.45, 7) is 1.94. The first-order valence-corrected chi connectivity index (χ1v) is 9.21. The molecule has 0 bridgehead atoms. The third-order valence-corrected chi connectivity index (χ3v) is 5.57. The molecule has 1 aromatic rings. The lowest BCUT2D eigenvalue weighted by molar-refractivity contribution is -0.144. The Kier molecular flexibility index (Phi) is 4.46. The maximum Gasteiger partial charge on any atom is 0.251 e. The molecule has 0 unspecified atom stereocenters. The van der Waals surface area contributed by atoms with Crippen LogP contribution in [0.1, 0.15) is 31.4 Å². The number of aromatic nitrogens is 1. The molecule has 2 amide bonds. The minimum atomic E-state index is -0.389. The number of ether oxygens (including phenoxy) is 1. The Hall–Kier alpha value is -1.95. The Balaban J connectivity index is 1.33. The van der Waals surface area contributed by atoms with Crippen LogP contribution in [0, 0.1) is 11.8 Å². The standard InChI is InChI=1S/C19H25N3O3/c1-21(11-15-4-2-3-8-20-15)19(24)16-10-14-7-9-22(12-17(14)25-16)18(23)13-5-6-13/h2-4,8,13-14,16-17H,5-7,9-12H2,1H3/t14-,16+,17-/m0/s1. The molecule has 6 heteroatoms. The summed E-state index contributed by atoms with van der Waals surface area (Å²) in [4.78, 5) is 32.9. The first kappa shape index (κ1) is 16.5. The van der Waals surface area contributed by atoms with Crippen molar-refractivity contribution in [3.8, 4) is 0 Å². The van der Waals surface area contributed by atoms with Crippen LogP contribution >= 0.6 is 0 Å². The first-order valence-electron chi connectivity index (χ1n) is 9.21. The van der Waals surface area contributed by atoms with E-state index in [1.807, 2.05) is 23.1 Å². The van der Waals surface area contributed by atoms with Crippen molar-refractivity contribution < 1.29 is 14.3 Å². The number of amides is 2.